The molecule has 1 saturated heterocycles. The molecule has 2 rings (SSSR count). The summed E-state index contributed by atoms with van der Waals surface area (Å²) in [6, 6.07) is 11.4. The van der Waals surface area contributed by atoms with E-state index < -0.39 is 0 Å². The number of nitrogens with one attached hydrogen (secondary N) is 1. The van der Waals surface area contributed by atoms with Crippen LogP contribution in [0.4, 0.5) is 0 Å². The van der Waals surface area contributed by atoms with E-state index in [0.29, 0.717) is 11.5 Å². The third-order valence-electron chi connectivity index (χ3n) is 3.39. The summed E-state index contributed by atoms with van der Waals surface area (Å²) in [5.74, 6) is 0. The Kier molecular flexibility index (Phi) is 2.60. The Morgan fingerprint density at radius 1 is 1.29 bits per heavy atom. The lowest BCUT2D eigenvalue weighted by Gasteiger charge is -2.26. The summed E-state index contributed by atoms with van der Waals surface area (Å²) in [5, 5.41) is 3.60. The van der Waals surface area contributed by atoms with Gasteiger partial charge in [0.25, 0.3) is 0 Å². The standard InChI is InChI=1S/C13H19N/c1-13(2)8-9-14-12(13)10-11-6-4-3-5-7-11/h3-7,12,14H,8-10H2,1-2H3. The minimum Gasteiger partial charge on any atom is -0.313 e. The zero-order valence-electron chi connectivity index (χ0n) is 9.09. The quantitative estimate of drug-likeness (QED) is 0.754. The lowest BCUT2D eigenvalue weighted by Crippen LogP contribution is -2.34. The van der Waals surface area contributed by atoms with E-state index in [1.165, 1.54) is 18.5 Å². The van der Waals surface area contributed by atoms with Gasteiger partial charge in [0.1, 0.15) is 0 Å². The first-order chi connectivity index (χ1) is 6.68. The van der Waals surface area contributed by atoms with Crippen molar-refractivity contribution >= 4 is 0 Å². The van der Waals surface area contributed by atoms with E-state index in [1.54, 1.807) is 0 Å². The highest BCUT2D eigenvalue weighted by Gasteiger charge is 2.33. The van der Waals surface area contributed by atoms with Crippen molar-refractivity contribution in [1.82, 2.24) is 5.32 Å². The van der Waals surface area contributed by atoms with Gasteiger partial charge in [0.05, 0.1) is 0 Å². The summed E-state index contributed by atoms with van der Waals surface area (Å²) >= 11 is 0. The molecule has 76 valence electrons. The van der Waals surface area contributed by atoms with Crippen molar-refractivity contribution in [3.8, 4) is 0 Å². The number of rotatable bonds is 2. The molecule has 0 radical (unpaired) electrons. The first-order valence-corrected chi connectivity index (χ1v) is 5.46. The average molecular weight is 189 g/mol. The number of benzene rings is 1. The van der Waals surface area contributed by atoms with Gasteiger partial charge in [-0.25, -0.2) is 0 Å². The molecule has 0 aliphatic carbocycles. The molecular weight excluding hydrogens is 170 g/mol. The van der Waals surface area contributed by atoms with Crippen LogP contribution < -0.4 is 5.32 Å². The monoisotopic (exact) mass is 189 g/mol. The number of hydrogen-bond acceptors (Lipinski definition) is 1. The van der Waals surface area contributed by atoms with E-state index in [-0.39, 0.29) is 0 Å². The van der Waals surface area contributed by atoms with E-state index in [1.807, 2.05) is 0 Å². The highest BCUT2D eigenvalue weighted by molar-refractivity contribution is 5.17. The molecule has 1 fully saturated rings. The maximum absolute atomic E-state index is 3.60. The number of hydrogen-bond donors (Lipinski definition) is 1. The molecule has 1 aromatic rings. The summed E-state index contributed by atoms with van der Waals surface area (Å²) < 4.78 is 0. The molecule has 0 saturated carbocycles. The van der Waals surface area contributed by atoms with Crippen LogP contribution >= 0.6 is 0 Å². The molecule has 14 heavy (non-hydrogen) atoms. The van der Waals surface area contributed by atoms with Crippen LogP contribution in [0, 0.1) is 5.41 Å². The van der Waals surface area contributed by atoms with Gasteiger partial charge in [-0.3, -0.25) is 0 Å². The van der Waals surface area contributed by atoms with E-state index in [0.717, 1.165) is 6.42 Å². The van der Waals surface area contributed by atoms with Gasteiger partial charge < -0.3 is 5.32 Å². The summed E-state index contributed by atoms with van der Waals surface area (Å²) in [6.07, 6.45) is 2.46. The molecule has 1 aliphatic rings. The van der Waals surface area contributed by atoms with Gasteiger partial charge in [-0.15, -0.1) is 0 Å². The van der Waals surface area contributed by atoms with Crippen molar-refractivity contribution in [2.24, 2.45) is 5.41 Å². The maximum atomic E-state index is 3.60. The van der Waals surface area contributed by atoms with Crippen LogP contribution in [0.3, 0.4) is 0 Å². The predicted molar refractivity (Wildman–Crippen MR) is 60.3 cm³/mol. The van der Waals surface area contributed by atoms with Crippen molar-refractivity contribution in [1.29, 1.82) is 0 Å². The van der Waals surface area contributed by atoms with Crippen LogP contribution in [0.15, 0.2) is 30.3 Å². The molecule has 1 N–H and O–H groups in total. The zero-order chi connectivity index (χ0) is 10.0. The molecule has 1 heteroatoms. The van der Waals surface area contributed by atoms with Crippen LogP contribution in [0.2, 0.25) is 0 Å². The molecule has 0 spiro atoms. The van der Waals surface area contributed by atoms with Crippen LogP contribution in [0.25, 0.3) is 0 Å². The Morgan fingerprint density at radius 2 is 2.00 bits per heavy atom. The van der Waals surface area contributed by atoms with E-state index >= 15 is 0 Å². The van der Waals surface area contributed by atoms with E-state index in [9.17, 15) is 0 Å². The van der Waals surface area contributed by atoms with Gasteiger partial charge in [-0.1, -0.05) is 44.2 Å². The second-order valence-electron chi connectivity index (χ2n) is 4.94. The van der Waals surface area contributed by atoms with Crippen molar-refractivity contribution in [3.63, 3.8) is 0 Å². The maximum Gasteiger partial charge on any atom is 0.0159 e. The Balaban J connectivity index is 2.05. The van der Waals surface area contributed by atoms with Gasteiger partial charge in [0, 0.05) is 6.04 Å². The minimum absolute atomic E-state index is 0.454. The van der Waals surface area contributed by atoms with Gasteiger partial charge in [-0.2, -0.15) is 0 Å². The van der Waals surface area contributed by atoms with Gasteiger partial charge in [0.2, 0.25) is 0 Å². The van der Waals surface area contributed by atoms with Gasteiger partial charge in [0.15, 0.2) is 0 Å². The SMILES string of the molecule is CC1(C)CCNC1Cc1ccccc1. The fraction of sp³-hybridized carbons (Fsp3) is 0.538. The normalized spacial score (nSPS) is 25.1. The fourth-order valence-corrected chi connectivity index (χ4v) is 2.22. The highest BCUT2D eigenvalue weighted by atomic mass is 15.0. The second-order valence-corrected chi connectivity index (χ2v) is 4.94. The average Bonchev–Trinajstić information content (AvgIpc) is 2.48. The summed E-state index contributed by atoms with van der Waals surface area (Å²) in [4.78, 5) is 0. The molecule has 1 nitrogen and oxygen atoms in total. The molecule has 1 heterocycles. The largest absolute Gasteiger partial charge is 0.313 e. The molecular formula is C13H19N. The van der Waals surface area contributed by atoms with Crippen molar-refractivity contribution in [2.45, 2.75) is 32.7 Å². The first-order valence-electron chi connectivity index (χ1n) is 5.46. The van der Waals surface area contributed by atoms with Crippen molar-refractivity contribution < 1.29 is 0 Å². The minimum atomic E-state index is 0.454. The van der Waals surface area contributed by atoms with Crippen molar-refractivity contribution in [3.05, 3.63) is 35.9 Å². The first kappa shape index (κ1) is 9.72. The molecule has 1 atom stereocenters. The van der Waals surface area contributed by atoms with Gasteiger partial charge >= 0.3 is 0 Å². The Labute approximate surface area is 86.5 Å². The zero-order valence-corrected chi connectivity index (χ0v) is 9.09. The molecule has 1 aliphatic heterocycles. The lowest BCUT2D eigenvalue weighted by atomic mass is 9.82. The lowest BCUT2D eigenvalue weighted by molar-refractivity contribution is 0.312. The summed E-state index contributed by atoms with van der Waals surface area (Å²) in [5.41, 5.74) is 1.90. The van der Waals surface area contributed by atoms with E-state index in [4.69, 9.17) is 0 Å². The topological polar surface area (TPSA) is 12.0 Å². The van der Waals surface area contributed by atoms with E-state index in [2.05, 4.69) is 49.5 Å². The molecule has 0 aromatic heterocycles. The summed E-state index contributed by atoms with van der Waals surface area (Å²) in [6.45, 7) is 5.89. The Hall–Kier alpha value is -0.820. The molecule has 0 bridgehead atoms. The smallest absolute Gasteiger partial charge is 0.0159 e. The fourth-order valence-electron chi connectivity index (χ4n) is 2.22. The van der Waals surface area contributed by atoms with Crippen LogP contribution in [0.1, 0.15) is 25.8 Å². The third kappa shape index (κ3) is 1.98. The molecule has 1 unspecified atom stereocenters. The van der Waals surface area contributed by atoms with Crippen LogP contribution in [-0.2, 0) is 6.42 Å². The van der Waals surface area contributed by atoms with Crippen molar-refractivity contribution in [2.75, 3.05) is 6.54 Å². The summed E-state index contributed by atoms with van der Waals surface area (Å²) in [7, 11) is 0. The predicted octanol–water partition coefficient (Wildman–Crippen LogP) is 2.62. The molecule has 0 amide bonds. The second kappa shape index (κ2) is 3.74. The van der Waals surface area contributed by atoms with Crippen LogP contribution in [0.5, 0.6) is 0 Å². The Bertz CT molecular complexity index is 289. The third-order valence-corrected chi connectivity index (χ3v) is 3.39. The highest BCUT2D eigenvalue weighted by Crippen LogP contribution is 2.31. The molecule has 1 aromatic carbocycles. The Morgan fingerprint density at radius 3 is 2.57 bits per heavy atom. The van der Waals surface area contributed by atoms with Gasteiger partial charge in [-0.05, 0) is 30.4 Å². The van der Waals surface area contributed by atoms with Crippen LogP contribution in [-0.4, -0.2) is 12.6 Å².